The molecule has 0 saturated heterocycles. The molecule has 2 rings (SSSR count). The SMILES string of the molecule is CC(C)NCc1ccc(COc2ccc(Cl)cc2)o1. The van der Waals surface area contributed by atoms with Gasteiger partial charge in [-0.15, -0.1) is 0 Å². The van der Waals surface area contributed by atoms with Gasteiger partial charge in [-0.25, -0.2) is 0 Å². The molecule has 19 heavy (non-hydrogen) atoms. The Morgan fingerprint density at radius 1 is 1.11 bits per heavy atom. The van der Waals surface area contributed by atoms with E-state index in [0.717, 1.165) is 23.8 Å². The van der Waals surface area contributed by atoms with Gasteiger partial charge in [0.25, 0.3) is 0 Å². The van der Waals surface area contributed by atoms with Gasteiger partial charge in [0.15, 0.2) is 0 Å². The Labute approximate surface area is 118 Å². The molecule has 102 valence electrons. The van der Waals surface area contributed by atoms with Crippen LogP contribution in [0.4, 0.5) is 0 Å². The Bertz CT molecular complexity index is 505. The van der Waals surface area contributed by atoms with Crippen LogP contribution < -0.4 is 10.1 Å². The fourth-order valence-corrected chi connectivity index (χ4v) is 1.71. The first-order chi connectivity index (χ1) is 9.13. The van der Waals surface area contributed by atoms with Crippen LogP contribution in [0, 0.1) is 0 Å². The highest BCUT2D eigenvalue weighted by Gasteiger charge is 2.04. The molecule has 0 radical (unpaired) electrons. The van der Waals surface area contributed by atoms with Gasteiger partial charge in [0.05, 0.1) is 6.54 Å². The van der Waals surface area contributed by atoms with E-state index in [-0.39, 0.29) is 0 Å². The van der Waals surface area contributed by atoms with E-state index < -0.39 is 0 Å². The number of furan rings is 1. The van der Waals surface area contributed by atoms with E-state index in [1.165, 1.54) is 0 Å². The van der Waals surface area contributed by atoms with Gasteiger partial charge in [-0.2, -0.15) is 0 Å². The summed E-state index contributed by atoms with van der Waals surface area (Å²) < 4.78 is 11.3. The minimum absolute atomic E-state index is 0.420. The molecule has 1 aromatic carbocycles. The topological polar surface area (TPSA) is 34.4 Å². The van der Waals surface area contributed by atoms with Gasteiger partial charge in [-0.05, 0) is 36.4 Å². The molecule has 0 unspecified atom stereocenters. The van der Waals surface area contributed by atoms with Crippen molar-refractivity contribution in [3.8, 4) is 5.75 Å². The van der Waals surface area contributed by atoms with Gasteiger partial charge in [0.1, 0.15) is 23.9 Å². The lowest BCUT2D eigenvalue weighted by Crippen LogP contribution is -2.21. The van der Waals surface area contributed by atoms with E-state index in [9.17, 15) is 0 Å². The maximum Gasteiger partial charge on any atom is 0.146 e. The summed E-state index contributed by atoms with van der Waals surface area (Å²) >= 11 is 5.81. The number of ether oxygens (including phenoxy) is 1. The molecule has 0 aliphatic heterocycles. The van der Waals surface area contributed by atoms with Crippen molar-refractivity contribution in [1.29, 1.82) is 0 Å². The summed E-state index contributed by atoms with van der Waals surface area (Å²) in [5.41, 5.74) is 0. The number of halogens is 1. The van der Waals surface area contributed by atoms with Gasteiger partial charge in [0, 0.05) is 11.1 Å². The summed E-state index contributed by atoms with van der Waals surface area (Å²) in [4.78, 5) is 0. The molecule has 0 bridgehead atoms. The van der Waals surface area contributed by atoms with Crippen molar-refractivity contribution in [1.82, 2.24) is 5.32 Å². The Morgan fingerprint density at radius 3 is 2.47 bits per heavy atom. The molecule has 1 heterocycles. The molecule has 0 aliphatic rings. The predicted molar refractivity (Wildman–Crippen MR) is 76.5 cm³/mol. The van der Waals surface area contributed by atoms with Gasteiger partial charge in [0.2, 0.25) is 0 Å². The van der Waals surface area contributed by atoms with Crippen molar-refractivity contribution < 1.29 is 9.15 Å². The molecule has 0 aliphatic carbocycles. The fraction of sp³-hybridized carbons (Fsp3) is 0.333. The first-order valence-electron chi connectivity index (χ1n) is 6.33. The highest BCUT2D eigenvalue weighted by molar-refractivity contribution is 6.30. The minimum Gasteiger partial charge on any atom is -0.486 e. The van der Waals surface area contributed by atoms with E-state index in [2.05, 4.69) is 19.2 Å². The minimum atomic E-state index is 0.420. The lowest BCUT2D eigenvalue weighted by molar-refractivity contribution is 0.264. The van der Waals surface area contributed by atoms with E-state index in [1.807, 2.05) is 24.3 Å². The van der Waals surface area contributed by atoms with Gasteiger partial charge >= 0.3 is 0 Å². The third kappa shape index (κ3) is 4.62. The monoisotopic (exact) mass is 279 g/mol. The molecular weight excluding hydrogens is 262 g/mol. The van der Waals surface area contributed by atoms with Crippen molar-refractivity contribution in [3.05, 3.63) is 52.9 Å². The Morgan fingerprint density at radius 2 is 1.79 bits per heavy atom. The normalized spacial score (nSPS) is 10.9. The summed E-state index contributed by atoms with van der Waals surface area (Å²) in [6.07, 6.45) is 0. The van der Waals surface area contributed by atoms with Gasteiger partial charge in [-0.1, -0.05) is 25.4 Å². The number of rotatable bonds is 6. The smallest absolute Gasteiger partial charge is 0.146 e. The molecule has 0 spiro atoms. The summed E-state index contributed by atoms with van der Waals surface area (Å²) in [6.45, 7) is 5.36. The van der Waals surface area contributed by atoms with Crippen LogP contribution in [0.2, 0.25) is 5.02 Å². The zero-order valence-corrected chi connectivity index (χ0v) is 11.9. The van der Waals surface area contributed by atoms with Crippen molar-refractivity contribution in [2.75, 3.05) is 0 Å². The highest BCUT2D eigenvalue weighted by atomic mass is 35.5. The van der Waals surface area contributed by atoms with Crippen LogP contribution in [0.1, 0.15) is 25.4 Å². The molecular formula is C15H18ClNO2. The van der Waals surface area contributed by atoms with E-state index in [0.29, 0.717) is 17.7 Å². The van der Waals surface area contributed by atoms with Crippen LogP contribution in [0.3, 0.4) is 0 Å². The first kappa shape index (κ1) is 14.0. The van der Waals surface area contributed by atoms with E-state index in [4.69, 9.17) is 20.8 Å². The van der Waals surface area contributed by atoms with Crippen molar-refractivity contribution in [2.45, 2.75) is 33.0 Å². The van der Waals surface area contributed by atoms with Crippen LogP contribution in [-0.4, -0.2) is 6.04 Å². The number of benzene rings is 1. The average Bonchev–Trinajstić information content (AvgIpc) is 2.84. The quantitative estimate of drug-likeness (QED) is 0.867. The van der Waals surface area contributed by atoms with Crippen molar-refractivity contribution in [3.63, 3.8) is 0 Å². The first-order valence-corrected chi connectivity index (χ1v) is 6.70. The molecule has 1 N–H and O–H groups in total. The standard InChI is InChI=1S/C15H18ClNO2/c1-11(2)17-9-14-7-8-15(19-14)10-18-13-5-3-12(16)4-6-13/h3-8,11,17H,9-10H2,1-2H3. The van der Waals surface area contributed by atoms with Crippen LogP contribution in [0.15, 0.2) is 40.8 Å². The zero-order valence-electron chi connectivity index (χ0n) is 11.2. The second kappa shape index (κ2) is 6.64. The summed E-state index contributed by atoms with van der Waals surface area (Å²) in [5.74, 6) is 2.52. The van der Waals surface area contributed by atoms with Crippen LogP contribution >= 0.6 is 11.6 Å². The Kier molecular flexibility index (Phi) is 4.88. The maximum atomic E-state index is 5.81. The van der Waals surface area contributed by atoms with Crippen LogP contribution in [-0.2, 0) is 13.2 Å². The second-order valence-electron chi connectivity index (χ2n) is 4.65. The lowest BCUT2D eigenvalue weighted by atomic mass is 10.3. The maximum absolute atomic E-state index is 5.81. The van der Waals surface area contributed by atoms with Crippen molar-refractivity contribution in [2.24, 2.45) is 0 Å². The molecule has 1 aromatic heterocycles. The summed E-state index contributed by atoms with van der Waals surface area (Å²) in [5, 5.41) is 4.01. The van der Waals surface area contributed by atoms with Gasteiger partial charge < -0.3 is 14.5 Å². The lowest BCUT2D eigenvalue weighted by Gasteiger charge is -2.06. The molecule has 2 aromatic rings. The molecule has 3 nitrogen and oxygen atoms in total. The highest BCUT2D eigenvalue weighted by Crippen LogP contribution is 2.17. The molecule has 0 atom stereocenters. The van der Waals surface area contributed by atoms with E-state index >= 15 is 0 Å². The Balaban J connectivity index is 1.84. The predicted octanol–water partition coefficient (Wildman–Crippen LogP) is 4.01. The van der Waals surface area contributed by atoms with Crippen molar-refractivity contribution >= 4 is 11.6 Å². The summed E-state index contributed by atoms with van der Waals surface area (Å²) in [7, 11) is 0. The number of hydrogen-bond acceptors (Lipinski definition) is 3. The van der Waals surface area contributed by atoms with Crippen LogP contribution in [0.25, 0.3) is 0 Å². The van der Waals surface area contributed by atoms with Gasteiger partial charge in [-0.3, -0.25) is 0 Å². The largest absolute Gasteiger partial charge is 0.486 e. The van der Waals surface area contributed by atoms with Crippen LogP contribution in [0.5, 0.6) is 5.75 Å². The number of nitrogens with one attached hydrogen (secondary N) is 1. The zero-order chi connectivity index (χ0) is 13.7. The fourth-order valence-electron chi connectivity index (χ4n) is 1.58. The molecule has 0 amide bonds. The third-order valence-electron chi connectivity index (χ3n) is 2.60. The van der Waals surface area contributed by atoms with E-state index in [1.54, 1.807) is 12.1 Å². The third-order valence-corrected chi connectivity index (χ3v) is 2.85. The number of hydrogen-bond donors (Lipinski definition) is 1. The molecule has 0 saturated carbocycles. The molecule has 4 heteroatoms. The molecule has 0 fully saturated rings. The Hall–Kier alpha value is -1.45. The average molecular weight is 280 g/mol. The second-order valence-corrected chi connectivity index (χ2v) is 5.08. The summed E-state index contributed by atoms with van der Waals surface area (Å²) in [6, 6.07) is 11.6.